The number of carboxylic acids is 2. The van der Waals surface area contributed by atoms with Gasteiger partial charge in [0.2, 0.25) is 0 Å². The Bertz CT molecular complexity index is 377. The van der Waals surface area contributed by atoms with Crippen molar-refractivity contribution in [1.29, 1.82) is 0 Å². The molecule has 0 aliphatic rings. The monoisotopic (exact) mass is 201 g/mol. The van der Waals surface area contributed by atoms with Crippen molar-refractivity contribution in [2.45, 2.75) is 0 Å². The number of hydrogen-bond donors (Lipinski definition) is 2. The second kappa shape index (κ2) is 3.40. The zero-order valence-electron chi connectivity index (χ0n) is 6.19. The Kier molecular flexibility index (Phi) is 2.48. The second-order valence-corrected chi connectivity index (χ2v) is 2.57. The molecular weight excluding hydrogens is 198 g/mol. The van der Waals surface area contributed by atoms with E-state index in [0.29, 0.717) is 0 Å². The lowest BCUT2D eigenvalue weighted by molar-refractivity contribution is 0.0676. The van der Waals surface area contributed by atoms with Gasteiger partial charge in [0.15, 0.2) is 5.69 Å². The van der Waals surface area contributed by atoms with Crippen LogP contribution in [0, 0.1) is 0 Å². The normalized spacial score (nSPS) is 9.62. The number of rotatable bonds is 2. The van der Waals surface area contributed by atoms with Crippen LogP contribution in [0.4, 0.5) is 0 Å². The van der Waals surface area contributed by atoms with Gasteiger partial charge in [0.1, 0.15) is 0 Å². The molecule has 0 atom stereocenters. The minimum Gasteiger partial charge on any atom is -0.478 e. The highest BCUT2D eigenvalue weighted by Crippen LogP contribution is 2.14. The van der Waals surface area contributed by atoms with Gasteiger partial charge in [-0.15, -0.1) is 0 Å². The number of hydrogen-bond acceptors (Lipinski definition) is 3. The third kappa shape index (κ3) is 1.94. The second-order valence-electron chi connectivity index (χ2n) is 2.16. The van der Waals surface area contributed by atoms with Crippen LogP contribution >= 0.6 is 11.6 Å². The van der Waals surface area contributed by atoms with Crippen LogP contribution in [0.3, 0.4) is 0 Å². The Labute approximate surface area is 77.6 Å². The van der Waals surface area contributed by atoms with Crippen LogP contribution in [0.2, 0.25) is 5.02 Å². The zero-order valence-corrected chi connectivity index (χ0v) is 6.95. The van der Waals surface area contributed by atoms with E-state index in [0.717, 1.165) is 12.3 Å². The van der Waals surface area contributed by atoms with E-state index in [1.807, 2.05) is 0 Å². The maximum atomic E-state index is 10.4. The number of carboxylic acid groups (broad SMARTS) is 2. The van der Waals surface area contributed by atoms with Crippen molar-refractivity contribution in [2.24, 2.45) is 0 Å². The van der Waals surface area contributed by atoms with Gasteiger partial charge in [0.05, 0.1) is 10.6 Å². The van der Waals surface area contributed by atoms with Gasteiger partial charge >= 0.3 is 11.9 Å². The number of nitrogens with zero attached hydrogens (tertiary/aromatic N) is 1. The molecule has 5 nitrogen and oxygen atoms in total. The summed E-state index contributed by atoms with van der Waals surface area (Å²) in [5.74, 6) is -2.49. The summed E-state index contributed by atoms with van der Waals surface area (Å²) in [4.78, 5) is 24.2. The fourth-order valence-corrected chi connectivity index (χ4v) is 0.959. The average Bonchev–Trinajstić information content (AvgIpc) is 2.03. The van der Waals surface area contributed by atoms with Crippen molar-refractivity contribution in [3.63, 3.8) is 0 Å². The molecule has 0 fully saturated rings. The van der Waals surface area contributed by atoms with E-state index in [-0.39, 0.29) is 16.3 Å². The van der Waals surface area contributed by atoms with Crippen molar-refractivity contribution in [3.8, 4) is 0 Å². The highest BCUT2D eigenvalue weighted by Gasteiger charge is 2.13. The molecule has 0 amide bonds. The number of aromatic carboxylic acids is 2. The van der Waals surface area contributed by atoms with Crippen molar-refractivity contribution in [1.82, 2.24) is 4.98 Å². The first-order chi connectivity index (χ1) is 6.02. The molecule has 0 spiro atoms. The van der Waals surface area contributed by atoms with Crippen LogP contribution < -0.4 is 0 Å². The predicted octanol–water partition coefficient (Wildman–Crippen LogP) is 1.13. The van der Waals surface area contributed by atoms with Crippen LogP contribution in [-0.2, 0) is 0 Å². The number of halogens is 1. The molecule has 0 aromatic carbocycles. The Morgan fingerprint density at radius 3 is 2.31 bits per heavy atom. The SMILES string of the molecule is O=C(O)c1cnc(C(=O)O)c(Cl)c1. The summed E-state index contributed by atoms with van der Waals surface area (Å²) < 4.78 is 0. The van der Waals surface area contributed by atoms with Crippen LogP contribution in [0.15, 0.2) is 12.3 Å². The number of aromatic nitrogens is 1. The maximum Gasteiger partial charge on any atom is 0.356 e. The molecule has 0 radical (unpaired) electrons. The first-order valence-electron chi connectivity index (χ1n) is 3.14. The third-order valence-corrected chi connectivity index (χ3v) is 1.58. The molecule has 6 heteroatoms. The quantitative estimate of drug-likeness (QED) is 0.749. The fourth-order valence-electron chi connectivity index (χ4n) is 0.712. The van der Waals surface area contributed by atoms with E-state index in [1.165, 1.54) is 0 Å². The van der Waals surface area contributed by atoms with Gasteiger partial charge in [-0.1, -0.05) is 11.6 Å². The molecule has 68 valence electrons. The third-order valence-electron chi connectivity index (χ3n) is 1.29. The molecule has 0 unspecified atom stereocenters. The smallest absolute Gasteiger partial charge is 0.356 e. The molecule has 0 saturated heterocycles. The van der Waals surface area contributed by atoms with E-state index in [4.69, 9.17) is 21.8 Å². The standard InChI is InChI=1S/C7H4ClNO4/c8-4-1-3(6(10)11)2-9-5(4)7(12)13/h1-2H,(H,10,11)(H,12,13). The lowest BCUT2D eigenvalue weighted by Crippen LogP contribution is -2.04. The Balaban J connectivity index is 3.20. The van der Waals surface area contributed by atoms with E-state index >= 15 is 0 Å². The molecular formula is C7H4ClNO4. The lowest BCUT2D eigenvalue weighted by Gasteiger charge is -1.98. The zero-order chi connectivity index (χ0) is 10.0. The number of pyridine rings is 1. The van der Waals surface area contributed by atoms with Crippen LogP contribution in [-0.4, -0.2) is 27.1 Å². The summed E-state index contributed by atoms with van der Waals surface area (Å²) in [6.07, 6.45) is 0.942. The van der Waals surface area contributed by atoms with Gasteiger partial charge in [0.25, 0.3) is 0 Å². The van der Waals surface area contributed by atoms with Gasteiger partial charge in [0, 0.05) is 6.20 Å². The van der Waals surface area contributed by atoms with Gasteiger partial charge < -0.3 is 10.2 Å². The summed E-state index contributed by atoms with van der Waals surface area (Å²) in [5.41, 5.74) is -0.498. The Hall–Kier alpha value is -1.62. The van der Waals surface area contributed by atoms with E-state index in [1.54, 1.807) is 0 Å². The Morgan fingerprint density at radius 1 is 1.31 bits per heavy atom. The largest absolute Gasteiger partial charge is 0.478 e. The number of carbonyl (C=O) groups is 2. The van der Waals surface area contributed by atoms with Crippen molar-refractivity contribution in [3.05, 3.63) is 28.5 Å². The molecule has 0 aliphatic heterocycles. The predicted molar refractivity (Wildman–Crippen MR) is 43.2 cm³/mol. The van der Waals surface area contributed by atoms with Gasteiger partial charge in [-0.2, -0.15) is 0 Å². The average molecular weight is 202 g/mol. The maximum absolute atomic E-state index is 10.4. The first kappa shape index (κ1) is 9.47. The molecule has 0 bridgehead atoms. The van der Waals surface area contributed by atoms with Crippen molar-refractivity contribution in [2.75, 3.05) is 0 Å². The molecule has 1 heterocycles. The summed E-state index contributed by atoms with van der Waals surface area (Å²) in [6.45, 7) is 0. The van der Waals surface area contributed by atoms with Gasteiger partial charge in [-0.3, -0.25) is 0 Å². The molecule has 2 N–H and O–H groups in total. The Morgan fingerprint density at radius 2 is 1.92 bits per heavy atom. The van der Waals surface area contributed by atoms with Crippen molar-refractivity contribution >= 4 is 23.5 Å². The fraction of sp³-hybridized carbons (Fsp3) is 0. The van der Waals surface area contributed by atoms with E-state index in [9.17, 15) is 9.59 Å². The van der Waals surface area contributed by atoms with E-state index < -0.39 is 11.9 Å². The van der Waals surface area contributed by atoms with Crippen LogP contribution in [0.1, 0.15) is 20.8 Å². The lowest BCUT2D eigenvalue weighted by atomic mass is 10.2. The van der Waals surface area contributed by atoms with E-state index in [2.05, 4.69) is 4.98 Å². The first-order valence-corrected chi connectivity index (χ1v) is 3.52. The summed E-state index contributed by atoms with van der Waals surface area (Å²) >= 11 is 5.46. The van der Waals surface area contributed by atoms with Gasteiger partial charge in [-0.05, 0) is 6.07 Å². The van der Waals surface area contributed by atoms with Crippen LogP contribution in [0.25, 0.3) is 0 Å². The molecule has 1 aromatic rings. The molecule has 0 saturated carbocycles. The van der Waals surface area contributed by atoms with Crippen LogP contribution in [0.5, 0.6) is 0 Å². The highest BCUT2D eigenvalue weighted by atomic mass is 35.5. The molecule has 1 aromatic heterocycles. The summed E-state index contributed by atoms with van der Waals surface area (Å²) in [6, 6.07) is 1.04. The summed E-state index contributed by atoms with van der Waals surface area (Å²) in [5, 5.41) is 16.8. The minimum atomic E-state index is -1.29. The van der Waals surface area contributed by atoms with Gasteiger partial charge in [-0.25, -0.2) is 14.6 Å². The highest BCUT2D eigenvalue weighted by molar-refractivity contribution is 6.33. The molecule has 1 rings (SSSR count). The topological polar surface area (TPSA) is 87.5 Å². The van der Waals surface area contributed by atoms with Crippen molar-refractivity contribution < 1.29 is 19.8 Å². The minimum absolute atomic E-state index is 0.144. The summed E-state index contributed by atoms with van der Waals surface area (Å²) in [7, 11) is 0. The molecule has 13 heavy (non-hydrogen) atoms. The molecule has 0 aliphatic carbocycles.